The quantitative estimate of drug-likeness (QED) is 0.158. The highest BCUT2D eigenvalue weighted by Gasteiger charge is 2.19. The van der Waals surface area contributed by atoms with E-state index in [4.69, 9.17) is 14.2 Å². The molecule has 0 heterocycles. The molecule has 0 aliphatic rings. The average molecular weight is 468 g/mol. The molecule has 0 saturated carbocycles. The molecule has 2 aromatic rings. The Morgan fingerprint density at radius 3 is 1.94 bits per heavy atom. The fraction of sp³-hybridized carbons (Fsp3) is 0.370. The molecule has 1 N–H and O–H groups in total. The van der Waals surface area contributed by atoms with E-state index in [0.717, 1.165) is 30.4 Å². The van der Waals surface area contributed by atoms with Crippen molar-refractivity contribution in [2.45, 2.75) is 65.1 Å². The van der Waals surface area contributed by atoms with E-state index in [-0.39, 0.29) is 19.0 Å². The van der Waals surface area contributed by atoms with Crippen LogP contribution in [0.15, 0.2) is 72.5 Å². The number of nitrogens with one attached hydrogen (secondary N) is 1. The Bertz CT molecular complexity index is 911. The van der Waals surface area contributed by atoms with Crippen LogP contribution in [-0.2, 0) is 32.2 Å². The summed E-state index contributed by atoms with van der Waals surface area (Å²) in [6.07, 6.45) is 6.56. The van der Waals surface area contributed by atoms with Gasteiger partial charge in [0, 0.05) is 0 Å². The number of ether oxygens (including phenoxy) is 3. The molecule has 2 amide bonds. The zero-order valence-corrected chi connectivity index (χ0v) is 19.7. The highest BCUT2D eigenvalue weighted by molar-refractivity contribution is 6.02. The number of allylic oxidation sites excluding steroid dienone is 1. The molecule has 7 nitrogen and oxygen atoms in total. The Labute approximate surface area is 201 Å². The average Bonchev–Trinajstić information content (AvgIpc) is 2.86. The maximum atomic E-state index is 12.6. The van der Waals surface area contributed by atoms with Crippen LogP contribution < -0.4 is 5.32 Å². The molecule has 7 heteroatoms. The second-order valence-corrected chi connectivity index (χ2v) is 7.77. The van der Waals surface area contributed by atoms with Crippen LogP contribution in [0.25, 0.3) is 0 Å². The van der Waals surface area contributed by atoms with Gasteiger partial charge in [0.05, 0.1) is 0 Å². The zero-order valence-electron chi connectivity index (χ0n) is 19.7. The Hall–Kier alpha value is -3.61. The van der Waals surface area contributed by atoms with E-state index in [1.54, 1.807) is 24.3 Å². The van der Waals surface area contributed by atoms with Crippen LogP contribution in [-0.4, -0.2) is 18.2 Å². The third-order valence-electron chi connectivity index (χ3n) is 4.93. The van der Waals surface area contributed by atoms with E-state index in [1.807, 2.05) is 36.4 Å². The van der Waals surface area contributed by atoms with E-state index >= 15 is 0 Å². The lowest BCUT2D eigenvalue weighted by Gasteiger charge is -2.10. The van der Waals surface area contributed by atoms with E-state index < -0.39 is 18.2 Å². The third kappa shape index (κ3) is 11.3. The van der Waals surface area contributed by atoms with Gasteiger partial charge < -0.3 is 14.2 Å². The van der Waals surface area contributed by atoms with Gasteiger partial charge >= 0.3 is 12.2 Å². The molecule has 2 aromatic carbocycles. The number of hydrogen-bond acceptors (Lipinski definition) is 6. The molecule has 0 aromatic heterocycles. The summed E-state index contributed by atoms with van der Waals surface area (Å²) in [5.41, 5.74) is 1.57. The van der Waals surface area contributed by atoms with Gasteiger partial charge in [0.25, 0.3) is 5.91 Å². The summed E-state index contributed by atoms with van der Waals surface area (Å²) in [5, 5.41) is 2.10. The van der Waals surface area contributed by atoms with Gasteiger partial charge in [-0.2, -0.15) is 0 Å². The van der Waals surface area contributed by atoms with Crippen molar-refractivity contribution in [3.63, 3.8) is 0 Å². The number of hydrogen-bond donors (Lipinski definition) is 1. The fourth-order valence-electron chi connectivity index (χ4n) is 3.09. The lowest BCUT2D eigenvalue weighted by molar-refractivity contribution is -0.120. The number of alkyl carbamates (subject to hydrolysis) is 1. The van der Waals surface area contributed by atoms with Crippen molar-refractivity contribution < 1.29 is 28.6 Å². The lowest BCUT2D eigenvalue weighted by Crippen LogP contribution is -2.33. The molecule has 0 bridgehead atoms. The second kappa shape index (κ2) is 16.1. The second-order valence-electron chi connectivity index (χ2n) is 7.77. The number of amides is 2. The van der Waals surface area contributed by atoms with Crippen molar-refractivity contribution in [2.75, 3.05) is 0 Å². The normalized spacial score (nSPS) is 10.9. The molecule has 34 heavy (non-hydrogen) atoms. The first kappa shape index (κ1) is 26.6. The summed E-state index contributed by atoms with van der Waals surface area (Å²) < 4.78 is 15.3. The van der Waals surface area contributed by atoms with E-state index in [1.165, 1.54) is 25.3 Å². The van der Waals surface area contributed by atoms with Gasteiger partial charge in [-0.3, -0.25) is 10.1 Å². The number of carbonyl (C=O) groups excluding carboxylic acids is 3. The van der Waals surface area contributed by atoms with Crippen LogP contribution in [0.2, 0.25) is 0 Å². The van der Waals surface area contributed by atoms with Crippen molar-refractivity contribution >= 4 is 18.2 Å². The first-order valence-electron chi connectivity index (χ1n) is 11.7. The molecule has 2 rings (SSSR count). The van der Waals surface area contributed by atoms with Crippen molar-refractivity contribution in [3.05, 3.63) is 83.6 Å². The van der Waals surface area contributed by atoms with Crippen LogP contribution in [0.4, 0.5) is 9.59 Å². The minimum Gasteiger partial charge on any atom is -0.444 e. The Balaban J connectivity index is 1.88. The smallest absolute Gasteiger partial charge is 0.444 e. The summed E-state index contributed by atoms with van der Waals surface area (Å²) in [5.74, 6) is -1.15. The molecule has 0 fully saturated rings. The van der Waals surface area contributed by atoms with Gasteiger partial charge in [-0.1, -0.05) is 99.7 Å². The summed E-state index contributed by atoms with van der Waals surface area (Å²) >= 11 is 0. The summed E-state index contributed by atoms with van der Waals surface area (Å²) in [4.78, 5) is 36.8. The van der Waals surface area contributed by atoms with Crippen LogP contribution in [0, 0.1) is 0 Å². The lowest BCUT2D eigenvalue weighted by atomic mass is 10.1. The van der Waals surface area contributed by atoms with Crippen LogP contribution >= 0.6 is 0 Å². The topological polar surface area (TPSA) is 90.9 Å². The van der Waals surface area contributed by atoms with Gasteiger partial charge in [-0.15, -0.1) is 0 Å². The van der Waals surface area contributed by atoms with Gasteiger partial charge in [0.1, 0.15) is 13.2 Å². The number of carbonyl (C=O) groups is 3. The van der Waals surface area contributed by atoms with Crippen molar-refractivity contribution in [1.82, 2.24) is 5.32 Å². The van der Waals surface area contributed by atoms with E-state index in [9.17, 15) is 14.4 Å². The van der Waals surface area contributed by atoms with Crippen LogP contribution in [0.1, 0.15) is 63.0 Å². The number of imide groups is 1. The molecule has 0 atom stereocenters. The Morgan fingerprint density at radius 2 is 1.32 bits per heavy atom. The predicted molar refractivity (Wildman–Crippen MR) is 129 cm³/mol. The van der Waals surface area contributed by atoms with Gasteiger partial charge in [0.15, 0.2) is 5.76 Å². The molecule has 0 aliphatic carbocycles. The maximum Gasteiger partial charge on any atom is 0.514 e. The van der Waals surface area contributed by atoms with E-state index in [2.05, 4.69) is 12.2 Å². The third-order valence-corrected chi connectivity index (χ3v) is 4.93. The minimum atomic E-state index is -1.02. The van der Waals surface area contributed by atoms with Crippen molar-refractivity contribution in [2.24, 2.45) is 0 Å². The number of unbranched alkanes of at least 4 members (excludes halogenated alkanes) is 6. The van der Waals surface area contributed by atoms with Gasteiger partial charge in [0.2, 0.25) is 0 Å². The summed E-state index contributed by atoms with van der Waals surface area (Å²) in [6, 6.07) is 18.2. The highest BCUT2D eigenvalue weighted by Crippen LogP contribution is 2.11. The minimum absolute atomic E-state index is 0.00508. The largest absolute Gasteiger partial charge is 0.514 e. The first-order chi connectivity index (χ1) is 16.6. The maximum absolute atomic E-state index is 12.6. The van der Waals surface area contributed by atoms with E-state index in [0.29, 0.717) is 6.42 Å². The van der Waals surface area contributed by atoms with Gasteiger partial charge in [-0.25, -0.2) is 9.59 Å². The zero-order chi connectivity index (χ0) is 24.4. The number of rotatable bonds is 13. The molecule has 0 radical (unpaired) electrons. The monoisotopic (exact) mass is 467 g/mol. The molecule has 0 unspecified atom stereocenters. The first-order valence-corrected chi connectivity index (χ1v) is 11.7. The standard InChI is InChI=1S/C27H33NO6/c1-2-3-4-5-6-7-14-19-24(34-27(31)33-21-23-17-12-9-13-18-23)25(29)28-26(30)32-20-22-15-10-8-11-16-22/h8-13,15-19H,2-7,14,20-21H2,1H3,(H,28,29,30)/b24-19-. The van der Waals surface area contributed by atoms with Crippen LogP contribution in [0.5, 0.6) is 0 Å². The molecular formula is C27H33NO6. The van der Waals surface area contributed by atoms with Gasteiger partial charge in [-0.05, 0) is 30.0 Å². The SMILES string of the molecule is CCCCCCCC/C=C(\OC(=O)OCc1ccccc1)C(=O)NC(=O)OCc1ccccc1. The van der Waals surface area contributed by atoms with Crippen molar-refractivity contribution in [3.8, 4) is 0 Å². The Kier molecular flexibility index (Phi) is 12.6. The highest BCUT2D eigenvalue weighted by atomic mass is 16.7. The summed E-state index contributed by atoms with van der Waals surface area (Å²) in [6.45, 7) is 2.18. The molecule has 0 saturated heterocycles. The van der Waals surface area contributed by atoms with Crippen molar-refractivity contribution in [1.29, 1.82) is 0 Å². The van der Waals surface area contributed by atoms with Crippen LogP contribution in [0.3, 0.4) is 0 Å². The molecular weight excluding hydrogens is 434 g/mol. The molecule has 182 valence electrons. The number of benzene rings is 2. The fourth-order valence-corrected chi connectivity index (χ4v) is 3.09. The molecule has 0 aliphatic heterocycles. The summed E-state index contributed by atoms with van der Waals surface area (Å²) in [7, 11) is 0. The predicted octanol–water partition coefficient (Wildman–Crippen LogP) is 6.43. The molecule has 0 spiro atoms. The Morgan fingerprint density at radius 1 is 0.765 bits per heavy atom.